The molecule has 4 aromatic rings. The molecule has 0 N–H and O–H groups in total. The maximum absolute atomic E-state index is 13.8. The summed E-state index contributed by atoms with van der Waals surface area (Å²) in [6.45, 7) is 1.43. The molecule has 0 saturated heterocycles. The zero-order valence-electron chi connectivity index (χ0n) is 18.1. The molecule has 33 heavy (non-hydrogen) atoms. The van der Waals surface area contributed by atoms with Crippen LogP contribution in [0.2, 0.25) is 0 Å². The first-order valence-electron chi connectivity index (χ1n) is 11.3. The first-order chi connectivity index (χ1) is 16.2. The fraction of sp³-hybridized carbons (Fsp3) is 0.320. The van der Waals surface area contributed by atoms with Crippen molar-refractivity contribution in [1.82, 2.24) is 14.5 Å². The molecule has 5 nitrogen and oxygen atoms in total. The van der Waals surface area contributed by atoms with Gasteiger partial charge in [-0.2, -0.15) is 0 Å². The molecular formula is C25H23N3O2S3. The SMILES string of the molecule is O=C(CSc1nc2sc3c(c2c(=O)n1-c1ccccc1)CCCC3)N1CCc2sccc2C1. The van der Waals surface area contributed by atoms with Crippen LogP contribution in [0.1, 0.15) is 33.7 Å². The van der Waals surface area contributed by atoms with Crippen LogP contribution in [0, 0.1) is 0 Å². The normalized spacial score (nSPS) is 15.5. The number of nitrogens with zero attached hydrogens (tertiary/aromatic N) is 3. The lowest BCUT2D eigenvalue weighted by Gasteiger charge is -2.27. The predicted molar refractivity (Wildman–Crippen MR) is 136 cm³/mol. The Bertz CT molecular complexity index is 1400. The molecule has 6 rings (SSSR count). The molecule has 8 heteroatoms. The van der Waals surface area contributed by atoms with E-state index in [-0.39, 0.29) is 17.2 Å². The fourth-order valence-corrected chi connectivity index (χ4v) is 7.87. The number of carbonyl (C=O) groups excluding carboxylic acids is 1. The summed E-state index contributed by atoms with van der Waals surface area (Å²) in [6.07, 6.45) is 5.19. The average Bonchev–Trinajstić information content (AvgIpc) is 3.47. The third kappa shape index (κ3) is 3.84. The zero-order chi connectivity index (χ0) is 22.4. The number of thioether (sulfide) groups is 1. The van der Waals surface area contributed by atoms with Crippen molar-refractivity contribution in [2.75, 3.05) is 12.3 Å². The Kier molecular flexibility index (Phi) is 5.60. The van der Waals surface area contributed by atoms with Crippen LogP contribution >= 0.6 is 34.4 Å². The maximum atomic E-state index is 13.8. The van der Waals surface area contributed by atoms with Crippen LogP contribution in [0.15, 0.2) is 51.7 Å². The highest BCUT2D eigenvalue weighted by Gasteiger charge is 2.25. The fourth-order valence-electron chi connectivity index (χ4n) is 4.77. The number of aromatic nitrogens is 2. The quantitative estimate of drug-likeness (QED) is 0.294. The third-order valence-corrected chi connectivity index (χ3v) is 9.59. The summed E-state index contributed by atoms with van der Waals surface area (Å²) in [6, 6.07) is 11.8. The van der Waals surface area contributed by atoms with Gasteiger partial charge in [0.15, 0.2) is 5.16 Å². The van der Waals surface area contributed by atoms with Crippen LogP contribution in [0.5, 0.6) is 0 Å². The Morgan fingerprint density at radius 2 is 1.91 bits per heavy atom. The molecular weight excluding hydrogens is 470 g/mol. The van der Waals surface area contributed by atoms with E-state index in [2.05, 4.69) is 11.4 Å². The highest BCUT2D eigenvalue weighted by atomic mass is 32.2. The first-order valence-corrected chi connectivity index (χ1v) is 14.0. The molecule has 0 saturated carbocycles. The monoisotopic (exact) mass is 493 g/mol. The average molecular weight is 494 g/mol. The van der Waals surface area contributed by atoms with Gasteiger partial charge in [0.2, 0.25) is 5.91 Å². The molecule has 3 aromatic heterocycles. The van der Waals surface area contributed by atoms with Crippen LogP contribution in [0.4, 0.5) is 0 Å². The summed E-state index contributed by atoms with van der Waals surface area (Å²) in [7, 11) is 0. The summed E-state index contributed by atoms with van der Waals surface area (Å²) < 4.78 is 1.70. The van der Waals surface area contributed by atoms with E-state index in [0.717, 1.165) is 48.1 Å². The van der Waals surface area contributed by atoms with Gasteiger partial charge in [-0.25, -0.2) is 4.98 Å². The minimum Gasteiger partial charge on any atom is -0.337 e. The Morgan fingerprint density at radius 3 is 2.79 bits per heavy atom. The highest BCUT2D eigenvalue weighted by Crippen LogP contribution is 2.35. The number of hydrogen-bond acceptors (Lipinski definition) is 6. The lowest BCUT2D eigenvalue weighted by Crippen LogP contribution is -2.36. The second-order valence-electron chi connectivity index (χ2n) is 8.48. The summed E-state index contributed by atoms with van der Waals surface area (Å²) >= 11 is 4.80. The van der Waals surface area contributed by atoms with Crippen molar-refractivity contribution in [1.29, 1.82) is 0 Å². The number of hydrogen-bond donors (Lipinski definition) is 0. The van der Waals surface area contributed by atoms with Crippen molar-refractivity contribution in [3.05, 3.63) is 73.0 Å². The van der Waals surface area contributed by atoms with Crippen LogP contribution in [0.3, 0.4) is 0 Å². The molecule has 1 amide bonds. The van der Waals surface area contributed by atoms with Gasteiger partial charge in [-0.15, -0.1) is 22.7 Å². The Balaban J connectivity index is 1.35. The smallest absolute Gasteiger partial charge is 0.267 e. The Hall–Kier alpha value is -2.42. The van der Waals surface area contributed by atoms with Crippen molar-refractivity contribution in [3.8, 4) is 5.69 Å². The lowest BCUT2D eigenvalue weighted by atomic mass is 9.97. The van der Waals surface area contributed by atoms with Gasteiger partial charge in [-0.3, -0.25) is 14.2 Å². The van der Waals surface area contributed by atoms with E-state index < -0.39 is 0 Å². The summed E-state index contributed by atoms with van der Waals surface area (Å²) in [5.41, 5.74) is 3.23. The Morgan fingerprint density at radius 1 is 1.06 bits per heavy atom. The summed E-state index contributed by atoms with van der Waals surface area (Å²) in [5, 5.41) is 3.47. The molecule has 0 unspecified atom stereocenters. The standard InChI is InChI=1S/C25H23N3O2S3/c29-21(27-12-10-19-16(14-27)11-13-31-19)15-32-25-26-23-22(18-8-4-5-9-20(18)33-23)24(30)28(25)17-6-2-1-3-7-17/h1-3,6-7,11,13H,4-5,8-10,12,14-15H2. The van der Waals surface area contributed by atoms with E-state index in [1.54, 1.807) is 27.2 Å². The van der Waals surface area contributed by atoms with Gasteiger partial charge >= 0.3 is 0 Å². The number of carbonyl (C=O) groups is 1. The molecule has 0 bridgehead atoms. The van der Waals surface area contributed by atoms with Crippen molar-refractivity contribution < 1.29 is 4.79 Å². The second kappa shape index (κ2) is 8.74. The molecule has 0 spiro atoms. The van der Waals surface area contributed by atoms with Gasteiger partial charge < -0.3 is 4.90 Å². The third-order valence-electron chi connectivity index (χ3n) is 6.46. The van der Waals surface area contributed by atoms with E-state index in [0.29, 0.717) is 11.7 Å². The predicted octanol–water partition coefficient (Wildman–Crippen LogP) is 5.06. The molecule has 4 heterocycles. The summed E-state index contributed by atoms with van der Waals surface area (Å²) in [4.78, 5) is 37.2. The Labute approximate surface area is 204 Å². The van der Waals surface area contributed by atoms with Gasteiger partial charge in [0.1, 0.15) is 4.83 Å². The van der Waals surface area contributed by atoms with Gasteiger partial charge in [-0.05, 0) is 66.8 Å². The topological polar surface area (TPSA) is 55.2 Å². The molecule has 0 radical (unpaired) electrons. The van der Waals surface area contributed by atoms with Crippen LogP contribution < -0.4 is 5.56 Å². The van der Waals surface area contributed by atoms with Crippen molar-refractivity contribution in [2.45, 2.75) is 43.8 Å². The molecule has 1 aliphatic heterocycles. The summed E-state index contributed by atoms with van der Waals surface area (Å²) in [5.74, 6) is 0.367. The molecule has 2 aliphatic rings. The molecule has 0 fully saturated rings. The molecule has 1 aromatic carbocycles. The zero-order valence-corrected chi connectivity index (χ0v) is 20.5. The number of rotatable bonds is 4. The van der Waals surface area contributed by atoms with Gasteiger partial charge in [0.05, 0.1) is 16.8 Å². The van der Waals surface area contributed by atoms with Crippen LogP contribution in [-0.2, 0) is 30.6 Å². The number of amides is 1. The van der Waals surface area contributed by atoms with E-state index in [4.69, 9.17) is 4.98 Å². The van der Waals surface area contributed by atoms with E-state index in [9.17, 15) is 9.59 Å². The van der Waals surface area contributed by atoms with Crippen molar-refractivity contribution in [3.63, 3.8) is 0 Å². The van der Waals surface area contributed by atoms with E-state index in [1.807, 2.05) is 35.2 Å². The van der Waals surface area contributed by atoms with E-state index >= 15 is 0 Å². The number of aryl methyl sites for hydroxylation is 2. The number of para-hydroxylation sites is 1. The highest BCUT2D eigenvalue weighted by molar-refractivity contribution is 7.99. The van der Waals surface area contributed by atoms with Crippen molar-refractivity contribution >= 4 is 50.6 Å². The van der Waals surface area contributed by atoms with Crippen molar-refractivity contribution in [2.24, 2.45) is 0 Å². The second-order valence-corrected chi connectivity index (χ2v) is 11.5. The van der Waals surface area contributed by atoms with Crippen LogP contribution in [0.25, 0.3) is 15.9 Å². The maximum Gasteiger partial charge on any atom is 0.267 e. The lowest BCUT2D eigenvalue weighted by molar-refractivity contribution is -0.129. The van der Waals surface area contributed by atoms with Gasteiger partial charge in [0, 0.05) is 22.8 Å². The largest absolute Gasteiger partial charge is 0.337 e. The van der Waals surface area contributed by atoms with Gasteiger partial charge in [0.25, 0.3) is 5.56 Å². The van der Waals surface area contributed by atoms with E-state index in [1.165, 1.54) is 39.1 Å². The molecule has 1 aliphatic carbocycles. The number of fused-ring (bicyclic) bond motifs is 4. The first kappa shape index (κ1) is 21.1. The molecule has 168 valence electrons. The van der Waals surface area contributed by atoms with Gasteiger partial charge in [-0.1, -0.05) is 30.0 Å². The number of benzene rings is 1. The minimum absolute atomic E-state index is 0.0126. The number of thiophene rings is 2. The molecule has 0 atom stereocenters. The van der Waals surface area contributed by atoms with Crippen LogP contribution in [-0.4, -0.2) is 32.7 Å². The minimum atomic E-state index is -0.0126.